The molecule has 1 aliphatic carbocycles. The SMILES string of the molecule is C=CCNC(=O)C(=O)CC(CCC)NC(=O)C1CCCN1C(=O)CNC(=O)C(NC(=O)c1cnccn1)C1CCCCC1.CC.CC(C)C.CCC. The summed E-state index contributed by atoms with van der Waals surface area (Å²) >= 11 is 0. The van der Waals surface area contributed by atoms with Crippen LogP contribution in [0, 0.1) is 11.8 Å². The van der Waals surface area contributed by atoms with E-state index in [1.54, 1.807) is 0 Å². The monoisotopic (exact) mass is 730 g/mol. The number of likely N-dealkylation sites (tertiary alicyclic amines) is 1. The summed E-state index contributed by atoms with van der Waals surface area (Å²) in [7, 11) is 0. The minimum atomic E-state index is -0.837. The first kappa shape index (κ1) is 47.8. The summed E-state index contributed by atoms with van der Waals surface area (Å²) in [6.45, 7) is 20.4. The van der Waals surface area contributed by atoms with E-state index in [1.165, 1.54) is 36.0 Å². The van der Waals surface area contributed by atoms with E-state index in [9.17, 15) is 28.8 Å². The number of nitrogens with one attached hydrogen (secondary N) is 4. The van der Waals surface area contributed by atoms with Crippen LogP contribution in [0.4, 0.5) is 0 Å². The molecule has 1 aliphatic heterocycles. The van der Waals surface area contributed by atoms with Gasteiger partial charge in [-0.05, 0) is 43.9 Å². The zero-order valence-corrected chi connectivity index (χ0v) is 33.1. The van der Waals surface area contributed by atoms with Crippen molar-refractivity contribution in [3.05, 3.63) is 36.9 Å². The van der Waals surface area contributed by atoms with Crippen molar-refractivity contribution in [2.75, 3.05) is 19.6 Å². The number of carbonyl (C=O) groups excluding carboxylic acids is 6. The molecule has 5 amide bonds. The Kier molecular flexibility index (Phi) is 26.2. The molecular weight excluding hydrogens is 662 g/mol. The van der Waals surface area contributed by atoms with Gasteiger partial charge in [0.15, 0.2) is 0 Å². The second kappa shape index (κ2) is 28.4. The fraction of sp³-hybridized carbons (Fsp3) is 0.692. The molecule has 3 atom stereocenters. The minimum Gasteiger partial charge on any atom is -0.351 e. The molecule has 0 radical (unpaired) electrons. The van der Waals surface area contributed by atoms with Crippen LogP contribution in [0.15, 0.2) is 31.2 Å². The van der Waals surface area contributed by atoms with Crippen LogP contribution < -0.4 is 21.3 Å². The standard InChI is InChI=1S/C30H43N7O6.C4H10.C3H8.C2H6/c1-3-9-21(17-24(38)29(42)33-13-4-2)35-28(41)23-12-8-16-37(23)25(39)19-34-30(43)26(20-10-6-5-7-11-20)36-27(40)22-18-31-14-15-32-22;1-4(2)3;1-3-2;1-2/h4,14-15,18,20-21,23,26H,2-3,5-13,16-17,19H2,1H3,(H,33,42)(H,34,43)(H,35,41)(H,36,40);4H,1-3H3;3H2,1-2H3;1-2H3. The van der Waals surface area contributed by atoms with Gasteiger partial charge in [-0.15, -0.1) is 6.58 Å². The van der Waals surface area contributed by atoms with Gasteiger partial charge in [-0.2, -0.15) is 0 Å². The first-order chi connectivity index (χ1) is 24.9. The largest absolute Gasteiger partial charge is 0.351 e. The molecule has 2 fully saturated rings. The molecule has 1 saturated carbocycles. The number of ketones is 1. The van der Waals surface area contributed by atoms with Gasteiger partial charge in [-0.1, -0.05) is 93.6 Å². The smallest absolute Gasteiger partial charge is 0.287 e. The van der Waals surface area contributed by atoms with Crippen LogP contribution in [0.25, 0.3) is 0 Å². The Morgan fingerprint density at radius 2 is 1.56 bits per heavy atom. The predicted octanol–water partition coefficient (Wildman–Crippen LogP) is 4.91. The number of hydrogen-bond donors (Lipinski definition) is 4. The molecule has 52 heavy (non-hydrogen) atoms. The summed E-state index contributed by atoms with van der Waals surface area (Å²) in [6, 6.07) is -2.14. The Balaban J connectivity index is 0.00000261. The molecule has 0 aromatic carbocycles. The number of hydrogen-bond acceptors (Lipinski definition) is 8. The second-order valence-corrected chi connectivity index (χ2v) is 13.5. The highest BCUT2D eigenvalue weighted by Crippen LogP contribution is 2.27. The predicted molar refractivity (Wildman–Crippen MR) is 205 cm³/mol. The van der Waals surface area contributed by atoms with E-state index in [-0.39, 0.29) is 31.1 Å². The lowest BCUT2D eigenvalue weighted by atomic mass is 9.83. The van der Waals surface area contributed by atoms with E-state index in [0.29, 0.717) is 32.2 Å². The highest BCUT2D eigenvalue weighted by Gasteiger charge is 2.36. The lowest BCUT2D eigenvalue weighted by Gasteiger charge is -2.30. The second-order valence-electron chi connectivity index (χ2n) is 13.5. The lowest BCUT2D eigenvalue weighted by molar-refractivity contribution is -0.140. The molecule has 2 aliphatic rings. The van der Waals surface area contributed by atoms with Crippen LogP contribution in [-0.4, -0.2) is 87.9 Å². The maximum atomic E-state index is 13.3. The van der Waals surface area contributed by atoms with Crippen LogP contribution in [0.3, 0.4) is 0 Å². The van der Waals surface area contributed by atoms with Gasteiger partial charge in [-0.25, -0.2) is 4.98 Å². The average Bonchev–Trinajstić information content (AvgIpc) is 3.64. The van der Waals surface area contributed by atoms with Crippen molar-refractivity contribution in [3.8, 4) is 0 Å². The first-order valence-corrected chi connectivity index (χ1v) is 19.3. The van der Waals surface area contributed by atoms with Crippen molar-refractivity contribution in [1.82, 2.24) is 36.1 Å². The first-order valence-electron chi connectivity index (χ1n) is 19.3. The van der Waals surface area contributed by atoms with E-state index in [2.05, 4.69) is 72.4 Å². The number of Topliss-reactive ketones (excluding diaryl/α,β-unsaturated/α-hetero) is 1. The van der Waals surface area contributed by atoms with Gasteiger partial charge in [0.2, 0.25) is 23.5 Å². The third-order valence-corrected chi connectivity index (χ3v) is 7.85. The Bertz CT molecular complexity index is 1220. The highest BCUT2D eigenvalue weighted by molar-refractivity contribution is 6.36. The lowest BCUT2D eigenvalue weighted by Crippen LogP contribution is -2.55. The third kappa shape index (κ3) is 18.9. The Morgan fingerprint density at radius 1 is 0.923 bits per heavy atom. The molecule has 13 nitrogen and oxygen atoms in total. The van der Waals surface area contributed by atoms with Crippen molar-refractivity contribution in [2.24, 2.45) is 11.8 Å². The van der Waals surface area contributed by atoms with E-state index >= 15 is 0 Å². The van der Waals surface area contributed by atoms with Crippen molar-refractivity contribution >= 4 is 35.3 Å². The van der Waals surface area contributed by atoms with Gasteiger partial charge in [-0.3, -0.25) is 33.8 Å². The van der Waals surface area contributed by atoms with Crippen LogP contribution >= 0.6 is 0 Å². The zero-order chi connectivity index (χ0) is 39.5. The summed E-state index contributed by atoms with van der Waals surface area (Å²) < 4.78 is 0. The van der Waals surface area contributed by atoms with E-state index in [1.807, 2.05) is 20.8 Å². The quantitative estimate of drug-likeness (QED) is 0.145. The average molecular weight is 730 g/mol. The third-order valence-electron chi connectivity index (χ3n) is 7.85. The van der Waals surface area contributed by atoms with E-state index in [4.69, 9.17) is 0 Å². The van der Waals surface area contributed by atoms with Gasteiger partial charge < -0.3 is 26.2 Å². The van der Waals surface area contributed by atoms with Gasteiger partial charge >= 0.3 is 0 Å². The van der Waals surface area contributed by atoms with Crippen molar-refractivity contribution in [1.29, 1.82) is 0 Å². The van der Waals surface area contributed by atoms with Crippen LogP contribution in [0.1, 0.15) is 137 Å². The molecule has 0 spiro atoms. The molecule has 1 aromatic rings. The number of amides is 5. The Hall–Kier alpha value is -4.16. The van der Waals surface area contributed by atoms with Crippen LogP contribution in [0.2, 0.25) is 0 Å². The molecule has 1 saturated heterocycles. The highest BCUT2D eigenvalue weighted by atomic mass is 16.2. The summed E-state index contributed by atoms with van der Waals surface area (Å²) in [5.74, 6) is -2.41. The van der Waals surface area contributed by atoms with Crippen molar-refractivity contribution < 1.29 is 28.8 Å². The number of carbonyl (C=O) groups is 6. The van der Waals surface area contributed by atoms with Crippen molar-refractivity contribution in [2.45, 2.75) is 144 Å². The Morgan fingerprint density at radius 3 is 2.12 bits per heavy atom. The summed E-state index contributed by atoms with van der Waals surface area (Å²) in [5.41, 5.74) is 0.0959. The van der Waals surface area contributed by atoms with Crippen molar-refractivity contribution in [3.63, 3.8) is 0 Å². The maximum Gasteiger partial charge on any atom is 0.287 e. The van der Waals surface area contributed by atoms with Crippen LogP contribution in [0.5, 0.6) is 0 Å². The summed E-state index contributed by atoms with van der Waals surface area (Å²) in [5, 5.41) is 10.8. The van der Waals surface area contributed by atoms with Gasteiger partial charge in [0.25, 0.3) is 11.8 Å². The topological polar surface area (TPSA) is 180 Å². The van der Waals surface area contributed by atoms with Gasteiger partial charge in [0.1, 0.15) is 17.8 Å². The molecule has 13 heteroatoms. The number of nitrogens with zero attached hydrogens (tertiary/aromatic N) is 3. The molecule has 3 rings (SSSR count). The van der Waals surface area contributed by atoms with Crippen LogP contribution in [-0.2, 0) is 24.0 Å². The van der Waals surface area contributed by atoms with Gasteiger partial charge in [0, 0.05) is 37.9 Å². The molecule has 294 valence electrons. The van der Waals surface area contributed by atoms with Gasteiger partial charge in [0.05, 0.1) is 12.7 Å². The number of aromatic nitrogens is 2. The van der Waals surface area contributed by atoms with E-state index < -0.39 is 53.4 Å². The normalized spacial score (nSPS) is 16.2. The summed E-state index contributed by atoms with van der Waals surface area (Å²) in [6.07, 6.45) is 13.5. The fourth-order valence-electron chi connectivity index (χ4n) is 5.66. The molecule has 4 N–H and O–H groups in total. The summed E-state index contributed by atoms with van der Waals surface area (Å²) in [4.78, 5) is 86.2. The molecule has 2 heterocycles. The minimum absolute atomic E-state index is 0.0770. The maximum absolute atomic E-state index is 13.3. The number of rotatable bonds is 15. The van der Waals surface area contributed by atoms with E-state index in [0.717, 1.165) is 38.0 Å². The Labute approximate surface area is 312 Å². The fourth-order valence-corrected chi connectivity index (χ4v) is 5.66. The molecule has 3 unspecified atom stereocenters. The molecule has 1 aromatic heterocycles. The zero-order valence-electron chi connectivity index (χ0n) is 33.1. The molecule has 0 bridgehead atoms. The molecular formula is C39H67N7O6.